The number of thioether (sulfide) groups is 1. The molecule has 3 heteroatoms. The fourth-order valence-electron chi connectivity index (χ4n) is 1.81. The first kappa shape index (κ1) is 15.4. The van der Waals surface area contributed by atoms with Crippen LogP contribution in [0.3, 0.4) is 0 Å². The number of anilines is 1. The van der Waals surface area contributed by atoms with Crippen LogP contribution < -0.4 is 10.2 Å². The van der Waals surface area contributed by atoms with Gasteiger partial charge >= 0.3 is 0 Å². The summed E-state index contributed by atoms with van der Waals surface area (Å²) in [6.45, 7) is 9.86. The number of likely N-dealkylation sites (N-methyl/N-ethyl adjacent to an activating group) is 2. The quantitative estimate of drug-likeness (QED) is 0.792. The van der Waals surface area contributed by atoms with Crippen LogP contribution in [0.1, 0.15) is 27.7 Å². The van der Waals surface area contributed by atoms with Gasteiger partial charge in [0.1, 0.15) is 0 Å². The smallest absolute Gasteiger partial charge is 0.0365 e. The predicted octanol–water partition coefficient (Wildman–Crippen LogP) is 3.62. The summed E-state index contributed by atoms with van der Waals surface area (Å²) in [6, 6.07) is 8.83. The lowest BCUT2D eigenvalue weighted by Crippen LogP contribution is -2.46. The van der Waals surface area contributed by atoms with E-state index in [2.05, 4.69) is 69.2 Å². The van der Waals surface area contributed by atoms with Gasteiger partial charge in [-0.3, -0.25) is 0 Å². The maximum absolute atomic E-state index is 3.33. The monoisotopic (exact) mass is 266 g/mol. The molecule has 0 aliphatic carbocycles. The molecule has 0 heterocycles. The summed E-state index contributed by atoms with van der Waals surface area (Å²) in [7, 11) is 4.15. The molecule has 0 saturated carbocycles. The molecular weight excluding hydrogens is 240 g/mol. The van der Waals surface area contributed by atoms with Crippen molar-refractivity contribution in [3.8, 4) is 0 Å². The Kier molecular flexibility index (Phi) is 5.54. The highest BCUT2D eigenvalue weighted by Crippen LogP contribution is 2.25. The van der Waals surface area contributed by atoms with E-state index in [1.54, 1.807) is 0 Å². The van der Waals surface area contributed by atoms with Crippen molar-refractivity contribution in [2.24, 2.45) is 0 Å². The fraction of sp³-hybridized carbons (Fsp3) is 0.600. The van der Waals surface area contributed by atoms with E-state index in [9.17, 15) is 0 Å². The zero-order chi connectivity index (χ0) is 13.8. The Morgan fingerprint density at radius 3 is 2.22 bits per heavy atom. The Labute approximate surface area is 116 Å². The molecule has 0 aromatic heterocycles. The minimum atomic E-state index is 0.125. The third-order valence-corrected chi connectivity index (χ3v) is 3.97. The molecule has 102 valence electrons. The second-order valence-electron chi connectivity index (χ2n) is 5.65. The van der Waals surface area contributed by atoms with Crippen LogP contribution in [0.2, 0.25) is 0 Å². The van der Waals surface area contributed by atoms with Crippen molar-refractivity contribution >= 4 is 17.4 Å². The first-order valence-electron chi connectivity index (χ1n) is 6.51. The van der Waals surface area contributed by atoms with E-state index in [1.165, 1.54) is 10.6 Å². The Hall–Kier alpha value is -0.670. The van der Waals surface area contributed by atoms with E-state index >= 15 is 0 Å². The Morgan fingerprint density at radius 1 is 1.22 bits per heavy atom. The maximum Gasteiger partial charge on any atom is 0.0365 e. The molecule has 0 spiro atoms. The molecule has 0 unspecified atom stereocenters. The molecule has 1 rings (SSSR count). The third kappa shape index (κ3) is 4.91. The van der Waals surface area contributed by atoms with Gasteiger partial charge in [-0.2, -0.15) is 0 Å². The molecule has 0 radical (unpaired) electrons. The second kappa shape index (κ2) is 6.48. The van der Waals surface area contributed by atoms with Crippen molar-refractivity contribution in [3.05, 3.63) is 24.3 Å². The van der Waals surface area contributed by atoms with Gasteiger partial charge in [-0.25, -0.2) is 0 Å². The van der Waals surface area contributed by atoms with Crippen molar-refractivity contribution in [3.63, 3.8) is 0 Å². The van der Waals surface area contributed by atoms with Gasteiger partial charge < -0.3 is 10.2 Å². The van der Waals surface area contributed by atoms with Crippen LogP contribution in [-0.2, 0) is 0 Å². The van der Waals surface area contributed by atoms with Gasteiger partial charge in [-0.15, -0.1) is 11.8 Å². The number of hydrogen-bond donors (Lipinski definition) is 1. The fourth-order valence-corrected chi connectivity index (χ4v) is 2.65. The molecule has 18 heavy (non-hydrogen) atoms. The van der Waals surface area contributed by atoms with Gasteiger partial charge in [-0.1, -0.05) is 13.8 Å². The largest absolute Gasteiger partial charge is 0.373 e. The van der Waals surface area contributed by atoms with Crippen LogP contribution >= 0.6 is 11.8 Å². The number of hydrogen-bond acceptors (Lipinski definition) is 3. The van der Waals surface area contributed by atoms with Gasteiger partial charge in [-0.05, 0) is 45.2 Å². The van der Waals surface area contributed by atoms with Crippen LogP contribution in [-0.4, -0.2) is 31.4 Å². The molecule has 2 nitrogen and oxygen atoms in total. The molecule has 0 aliphatic rings. The zero-order valence-corrected chi connectivity index (χ0v) is 13.3. The average Bonchev–Trinajstić information content (AvgIpc) is 2.28. The van der Waals surface area contributed by atoms with Gasteiger partial charge in [0.15, 0.2) is 0 Å². The summed E-state index contributed by atoms with van der Waals surface area (Å²) in [5, 5.41) is 3.97. The van der Waals surface area contributed by atoms with Gasteiger partial charge in [0.25, 0.3) is 0 Å². The zero-order valence-electron chi connectivity index (χ0n) is 12.4. The molecule has 1 aromatic rings. The minimum absolute atomic E-state index is 0.125. The lowest BCUT2D eigenvalue weighted by Gasteiger charge is -2.31. The molecule has 0 saturated heterocycles. The number of rotatable bonds is 6. The van der Waals surface area contributed by atoms with Crippen LogP contribution in [0.4, 0.5) is 5.69 Å². The van der Waals surface area contributed by atoms with Gasteiger partial charge in [0.05, 0.1) is 0 Å². The number of nitrogens with one attached hydrogen (secondary N) is 1. The van der Waals surface area contributed by atoms with Gasteiger partial charge in [0.2, 0.25) is 0 Å². The van der Waals surface area contributed by atoms with Gasteiger partial charge in [0, 0.05) is 35.0 Å². The molecule has 0 amide bonds. The minimum Gasteiger partial charge on any atom is -0.373 e. The summed E-state index contributed by atoms with van der Waals surface area (Å²) in [5.74, 6) is 0. The van der Waals surface area contributed by atoms with E-state index in [4.69, 9.17) is 0 Å². The normalized spacial score (nSPS) is 11.9. The molecule has 1 N–H and O–H groups in total. The van der Waals surface area contributed by atoms with E-state index < -0.39 is 0 Å². The van der Waals surface area contributed by atoms with E-state index in [0.29, 0.717) is 5.25 Å². The van der Waals surface area contributed by atoms with Crippen molar-refractivity contribution in [1.82, 2.24) is 5.32 Å². The molecule has 0 bridgehead atoms. The predicted molar refractivity (Wildman–Crippen MR) is 83.8 cm³/mol. The molecule has 1 aromatic carbocycles. The van der Waals surface area contributed by atoms with Crippen molar-refractivity contribution in [2.45, 2.75) is 43.4 Å². The summed E-state index contributed by atoms with van der Waals surface area (Å²) < 4.78 is 0. The Morgan fingerprint density at radius 2 is 1.78 bits per heavy atom. The van der Waals surface area contributed by atoms with Crippen molar-refractivity contribution in [2.75, 3.05) is 25.5 Å². The summed E-state index contributed by atoms with van der Waals surface area (Å²) >= 11 is 1.91. The summed E-state index contributed by atoms with van der Waals surface area (Å²) in [4.78, 5) is 3.63. The average molecular weight is 266 g/mol. The molecule has 0 aliphatic heterocycles. The van der Waals surface area contributed by atoms with Crippen molar-refractivity contribution in [1.29, 1.82) is 0 Å². The lowest BCUT2D eigenvalue weighted by atomic mass is 10.1. The summed E-state index contributed by atoms with van der Waals surface area (Å²) in [5.41, 5.74) is 1.39. The number of nitrogens with zero attached hydrogens (tertiary/aromatic N) is 1. The standard InChI is InChI=1S/C15H26N2S/c1-12(2)18-14-9-7-13(8-10-14)17(6)11-15(3,4)16-5/h7-10,12,16H,11H2,1-6H3. The number of benzene rings is 1. The molecule has 0 fully saturated rings. The Balaban J connectivity index is 2.67. The van der Waals surface area contributed by atoms with E-state index in [-0.39, 0.29) is 5.54 Å². The first-order valence-corrected chi connectivity index (χ1v) is 7.39. The lowest BCUT2D eigenvalue weighted by molar-refractivity contribution is 0.428. The summed E-state index contributed by atoms with van der Waals surface area (Å²) in [6.07, 6.45) is 0. The van der Waals surface area contributed by atoms with Crippen LogP contribution in [0, 0.1) is 0 Å². The maximum atomic E-state index is 3.33. The topological polar surface area (TPSA) is 15.3 Å². The third-order valence-electron chi connectivity index (χ3n) is 2.96. The van der Waals surface area contributed by atoms with E-state index in [1.807, 2.05) is 18.8 Å². The van der Waals surface area contributed by atoms with Crippen LogP contribution in [0.15, 0.2) is 29.2 Å². The second-order valence-corrected chi connectivity index (χ2v) is 7.30. The Bertz CT molecular complexity index is 357. The van der Waals surface area contributed by atoms with Crippen LogP contribution in [0.25, 0.3) is 0 Å². The molecular formula is C15H26N2S. The highest BCUT2D eigenvalue weighted by atomic mass is 32.2. The highest BCUT2D eigenvalue weighted by Gasteiger charge is 2.17. The van der Waals surface area contributed by atoms with E-state index in [0.717, 1.165) is 6.54 Å². The highest BCUT2D eigenvalue weighted by molar-refractivity contribution is 7.99. The first-order chi connectivity index (χ1) is 8.34. The molecule has 0 atom stereocenters. The van der Waals surface area contributed by atoms with Crippen LogP contribution in [0.5, 0.6) is 0 Å². The van der Waals surface area contributed by atoms with Crippen molar-refractivity contribution < 1.29 is 0 Å². The SMILES string of the molecule is CNC(C)(C)CN(C)c1ccc(SC(C)C)cc1.